The first-order valence-corrected chi connectivity index (χ1v) is 6.85. The molecule has 0 saturated carbocycles. The molecule has 0 aliphatic carbocycles. The first-order chi connectivity index (χ1) is 10.2. The lowest BCUT2D eigenvalue weighted by atomic mass is 10.1. The highest BCUT2D eigenvalue weighted by molar-refractivity contribution is 5.78. The number of carbonyl (C=O) groups excluding carboxylic acids is 1. The lowest BCUT2D eigenvalue weighted by Crippen LogP contribution is -2.27. The van der Waals surface area contributed by atoms with Crippen LogP contribution < -0.4 is 10.1 Å². The molecular weight excluding hydrogens is 266 g/mol. The molecule has 0 bridgehead atoms. The van der Waals surface area contributed by atoms with Gasteiger partial charge in [-0.3, -0.25) is 4.79 Å². The molecule has 2 aromatic rings. The number of phenols is 1. The SMILES string of the molecule is COc1ccc(CCNC(=O)Cc2ccccc2)cc1O. The van der Waals surface area contributed by atoms with Crippen molar-refractivity contribution in [2.45, 2.75) is 12.8 Å². The first kappa shape index (κ1) is 14.9. The Balaban J connectivity index is 1.79. The van der Waals surface area contributed by atoms with E-state index in [-0.39, 0.29) is 11.7 Å². The minimum atomic E-state index is -0.000987. The van der Waals surface area contributed by atoms with Crippen molar-refractivity contribution in [1.29, 1.82) is 0 Å². The van der Waals surface area contributed by atoms with Crippen LogP contribution >= 0.6 is 0 Å². The number of ether oxygens (including phenoxy) is 1. The second-order valence-electron chi connectivity index (χ2n) is 4.77. The second-order valence-corrected chi connectivity index (χ2v) is 4.77. The van der Waals surface area contributed by atoms with Gasteiger partial charge in [0.2, 0.25) is 5.91 Å². The van der Waals surface area contributed by atoms with Crippen molar-refractivity contribution in [3.8, 4) is 11.5 Å². The fraction of sp³-hybridized carbons (Fsp3) is 0.235. The van der Waals surface area contributed by atoms with Gasteiger partial charge < -0.3 is 15.2 Å². The Morgan fingerprint density at radius 1 is 1.14 bits per heavy atom. The van der Waals surface area contributed by atoms with Crippen molar-refractivity contribution in [2.75, 3.05) is 13.7 Å². The van der Waals surface area contributed by atoms with Crippen molar-refractivity contribution in [3.63, 3.8) is 0 Å². The summed E-state index contributed by atoms with van der Waals surface area (Å²) in [6, 6.07) is 14.9. The van der Waals surface area contributed by atoms with E-state index >= 15 is 0 Å². The quantitative estimate of drug-likeness (QED) is 0.856. The van der Waals surface area contributed by atoms with Crippen molar-refractivity contribution in [3.05, 3.63) is 59.7 Å². The first-order valence-electron chi connectivity index (χ1n) is 6.85. The Labute approximate surface area is 124 Å². The smallest absolute Gasteiger partial charge is 0.224 e. The molecule has 1 amide bonds. The molecule has 0 aliphatic rings. The molecule has 21 heavy (non-hydrogen) atoms. The summed E-state index contributed by atoms with van der Waals surface area (Å²) in [7, 11) is 1.51. The van der Waals surface area contributed by atoms with Crippen LogP contribution in [-0.2, 0) is 17.6 Å². The van der Waals surface area contributed by atoms with E-state index in [1.165, 1.54) is 7.11 Å². The molecule has 4 heteroatoms. The number of nitrogens with one attached hydrogen (secondary N) is 1. The zero-order valence-corrected chi connectivity index (χ0v) is 12.0. The van der Waals surface area contributed by atoms with Crippen LogP contribution in [-0.4, -0.2) is 24.7 Å². The van der Waals surface area contributed by atoms with E-state index in [9.17, 15) is 9.90 Å². The molecule has 4 nitrogen and oxygen atoms in total. The van der Waals surface area contributed by atoms with Crippen molar-refractivity contribution in [2.24, 2.45) is 0 Å². The number of aromatic hydroxyl groups is 1. The van der Waals surface area contributed by atoms with Gasteiger partial charge in [0, 0.05) is 6.54 Å². The van der Waals surface area contributed by atoms with Gasteiger partial charge in [-0.05, 0) is 29.7 Å². The maximum atomic E-state index is 11.8. The monoisotopic (exact) mass is 285 g/mol. The van der Waals surface area contributed by atoms with E-state index in [2.05, 4.69) is 5.32 Å². The van der Waals surface area contributed by atoms with Crippen molar-refractivity contribution < 1.29 is 14.6 Å². The fourth-order valence-corrected chi connectivity index (χ4v) is 2.08. The van der Waals surface area contributed by atoms with Crippen LogP contribution in [0.3, 0.4) is 0 Å². The van der Waals surface area contributed by atoms with Crippen LogP contribution in [0.15, 0.2) is 48.5 Å². The van der Waals surface area contributed by atoms with Gasteiger partial charge in [0.1, 0.15) is 0 Å². The summed E-state index contributed by atoms with van der Waals surface area (Å²) in [4.78, 5) is 11.8. The van der Waals surface area contributed by atoms with Crippen LogP contribution in [0.5, 0.6) is 11.5 Å². The Morgan fingerprint density at radius 3 is 2.57 bits per heavy atom. The summed E-state index contributed by atoms with van der Waals surface area (Å²) in [6.07, 6.45) is 1.05. The standard InChI is InChI=1S/C17H19NO3/c1-21-16-8-7-14(11-15(16)19)9-10-18-17(20)12-13-5-3-2-4-6-13/h2-8,11,19H,9-10,12H2,1H3,(H,18,20). The van der Waals surface area contributed by atoms with Crippen LogP contribution in [0.25, 0.3) is 0 Å². The van der Waals surface area contributed by atoms with Crippen LogP contribution in [0.2, 0.25) is 0 Å². The average Bonchev–Trinajstić information content (AvgIpc) is 2.48. The van der Waals surface area contributed by atoms with Gasteiger partial charge in [-0.1, -0.05) is 36.4 Å². The zero-order chi connectivity index (χ0) is 15.1. The third-order valence-corrected chi connectivity index (χ3v) is 3.19. The van der Waals surface area contributed by atoms with Gasteiger partial charge in [-0.2, -0.15) is 0 Å². The Kier molecular flexibility index (Phi) is 5.21. The van der Waals surface area contributed by atoms with Crippen molar-refractivity contribution >= 4 is 5.91 Å². The number of phenolic OH excluding ortho intramolecular Hbond substituents is 1. The van der Waals surface area contributed by atoms with E-state index in [0.29, 0.717) is 25.1 Å². The molecule has 0 radical (unpaired) electrons. The highest BCUT2D eigenvalue weighted by Crippen LogP contribution is 2.26. The van der Waals surface area contributed by atoms with Gasteiger partial charge in [-0.15, -0.1) is 0 Å². The van der Waals surface area contributed by atoms with E-state index in [1.807, 2.05) is 36.4 Å². The van der Waals surface area contributed by atoms with Gasteiger partial charge in [-0.25, -0.2) is 0 Å². The van der Waals surface area contributed by atoms with Crippen molar-refractivity contribution in [1.82, 2.24) is 5.32 Å². The number of hydrogen-bond acceptors (Lipinski definition) is 3. The second kappa shape index (κ2) is 7.33. The van der Waals surface area contributed by atoms with Gasteiger partial charge in [0.25, 0.3) is 0 Å². The molecule has 0 saturated heterocycles. The largest absolute Gasteiger partial charge is 0.504 e. The third-order valence-electron chi connectivity index (χ3n) is 3.19. The van der Waals surface area contributed by atoms with Gasteiger partial charge in [0.05, 0.1) is 13.5 Å². The number of benzene rings is 2. The number of carbonyl (C=O) groups is 1. The van der Waals surface area contributed by atoms with Crippen LogP contribution in [0.4, 0.5) is 0 Å². The maximum Gasteiger partial charge on any atom is 0.224 e. The predicted molar refractivity (Wildman–Crippen MR) is 81.5 cm³/mol. The van der Waals surface area contributed by atoms with E-state index in [4.69, 9.17) is 4.74 Å². The highest BCUT2D eigenvalue weighted by Gasteiger charge is 2.04. The van der Waals surface area contributed by atoms with Gasteiger partial charge >= 0.3 is 0 Å². The fourth-order valence-electron chi connectivity index (χ4n) is 2.08. The molecule has 0 fully saturated rings. The molecular formula is C17H19NO3. The molecule has 0 aromatic heterocycles. The van der Waals surface area contributed by atoms with E-state index < -0.39 is 0 Å². The Bertz CT molecular complexity index is 596. The molecule has 0 spiro atoms. The molecule has 0 heterocycles. The molecule has 0 unspecified atom stereocenters. The highest BCUT2D eigenvalue weighted by atomic mass is 16.5. The topological polar surface area (TPSA) is 58.6 Å². The molecule has 2 N–H and O–H groups in total. The minimum Gasteiger partial charge on any atom is -0.504 e. The van der Waals surface area contributed by atoms with Gasteiger partial charge in [0.15, 0.2) is 11.5 Å². The summed E-state index contributed by atoms with van der Waals surface area (Å²) >= 11 is 0. The number of amides is 1. The minimum absolute atomic E-state index is 0.000987. The normalized spacial score (nSPS) is 10.1. The van der Waals surface area contributed by atoms with Crippen LogP contribution in [0, 0.1) is 0 Å². The molecule has 0 aliphatic heterocycles. The number of hydrogen-bond donors (Lipinski definition) is 2. The Morgan fingerprint density at radius 2 is 1.90 bits per heavy atom. The zero-order valence-electron chi connectivity index (χ0n) is 12.0. The molecule has 110 valence electrons. The summed E-state index contributed by atoms with van der Waals surface area (Å²) in [6.45, 7) is 0.539. The summed E-state index contributed by atoms with van der Waals surface area (Å²) < 4.78 is 4.99. The Hall–Kier alpha value is -2.49. The maximum absolute atomic E-state index is 11.8. The average molecular weight is 285 g/mol. The lowest BCUT2D eigenvalue weighted by Gasteiger charge is -2.08. The molecule has 0 atom stereocenters. The summed E-state index contributed by atoms with van der Waals surface area (Å²) in [5.74, 6) is 0.566. The predicted octanol–water partition coefficient (Wildman–Crippen LogP) is 2.30. The van der Waals surface area contributed by atoms with E-state index in [0.717, 1.165) is 11.1 Å². The lowest BCUT2D eigenvalue weighted by molar-refractivity contribution is -0.120. The van der Waals surface area contributed by atoms with Crippen LogP contribution in [0.1, 0.15) is 11.1 Å². The van der Waals surface area contributed by atoms with E-state index in [1.54, 1.807) is 12.1 Å². The number of rotatable bonds is 6. The molecule has 2 aromatic carbocycles. The summed E-state index contributed by atoms with van der Waals surface area (Å²) in [5, 5.41) is 12.6. The molecule has 2 rings (SSSR count). The third kappa shape index (κ3) is 4.53. The number of methoxy groups -OCH3 is 1. The summed E-state index contributed by atoms with van der Waals surface area (Å²) in [5.41, 5.74) is 1.95.